The summed E-state index contributed by atoms with van der Waals surface area (Å²) >= 11 is 3.22. The molecule has 18 heavy (non-hydrogen) atoms. The Hall–Kier alpha value is -0.940. The second-order valence-electron chi connectivity index (χ2n) is 4.20. The quantitative estimate of drug-likeness (QED) is 0.792. The number of nitrogens with one attached hydrogen (secondary N) is 1. The molecule has 0 aromatic carbocycles. The zero-order chi connectivity index (χ0) is 13.5. The Morgan fingerprint density at radius 3 is 2.67 bits per heavy atom. The summed E-state index contributed by atoms with van der Waals surface area (Å²) in [7, 11) is 0. The van der Waals surface area contributed by atoms with Gasteiger partial charge < -0.3 is 10.4 Å². The van der Waals surface area contributed by atoms with Crippen LogP contribution in [0.25, 0.3) is 0 Å². The van der Waals surface area contributed by atoms with Crippen LogP contribution in [0.4, 0.5) is 0 Å². The van der Waals surface area contributed by atoms with E-state index in [0.29, 0.717) is 10.3 Å². The summed E-state index contributed by atoms with van der Waals surface area (Å²) in [5, 5.41) is 12.6. The van der Waals surface area contributed by atoms with Gasteiger partial charge in [-0.05, 0) is 34.0 Å². The Morgan fingerprint density at radius 1 is 1.44 bits per heavy atom. The summed E-state index contributed by atoms with van der Waals surface area (Å²) in [4.78, 5) is 15.9. The minimum Gasteiger partial charge on any atom is -0.391 e. The molecule has 1 aromatic heterocycles. The van der Waals surface area contributed by atoms with Gasteiger partial charge in [0.2, 0.25) is 0 Å². The van der Waals surface area contributed by atoms with Crippen molar-refractivity contribution in [3.05, 3.63) is 28.5 Å². The maximum atomic E-state index is 11.8. The van der Waals surface area contributed by atoms with Gasteiger partial charge in [-0.3, -0.25) is 4.79 Å². The van der Waals surface area contributed by atoms with E-state index in [2.05, 4.69) is 26.2 Å². The van der Waals surface area contributed by atoms with Crippen molar-refractivity contribution in [3.8, 4) is 0 Å². The SMILES string of the molecule is CCC(CC)C(O)CNC(=O)c1cccc(Br)n1. The van der Waals surface area contributed by atoms with Crippen molar-refractivity contribution in [2.24, 2.45) is 5.92 Å². The van der Waals surface area contributed by atoms with Crippen LogP contribution in [-0.2, 0) is 0 Å². The summed E-state index contributed by atoms with van der Waals surface area (Å²) < 4.78 is 0.621. The molecule has 0 radical (unpaired) electrons. The van der Waals surface area contributed by atoms with Crippen molar-refractivity contribution in [3.63, 3.8) is 0 Å². The van der Waals surface area contributed by atoms with E-state index in [9.17, 15) is 9.90 Å². The number of pyridine rings is 1. The van der Waals surface area contributed by atoms with E-state index < -0.39 is 6.10 Å². The number of hydrogen-bond acceptors (Lipinski definition) is 3. The van der Waals surface area contributed by atoms with Gasteiger partial charge in [0.25, 0.3) is 5.91 Å². The van der Waals surface area contributed by atoms with Crippen LogP contribution < -0.4 is 5.32 Å². The third-order valence-electron chi connectivity index (χ3n) is 3.01. The van der Waals surface area contributed by atoms with Crippen LogP contribution in [0, 0.1) is 5.92 Å². The molecule has 1 heterocycles. The summed E-state index contributed by atoms with van der Waals surface area (Å²) in [6.07, 6.45) is 1.31. The third kappa shape index (κ3) is 4.38. The van der Waals surface area contributed by atoms with E-state index in [1.54, 1.807) is 18.2 Å². The van der Waals surface area contributed by atoms with Gasteiger partial charge in [0.05, 0.1) is 6.10 Å². The molecule has 0 spiro atoms. The molecule has 1 aromatic rings. The predicted molar refractivity (Wildman–Crippen MR) is 74.3 cm³/mol. The van der Waals surface area contributed by atoms with E-state index in [0.717, 1.165) is 12.8 Å². The highest BCUT2D eigenvalue weighted by Gasteiger charge is 2.17. The third-order valence-corrected chi connectivity index (χ3v) is 3.45. The molecular weight excluding hydrogens is 296 g/mol. The van der Waals surface area contributed by atoms with Crippen molar-refractivity contribution < 1.29 is 9.90 Å². The molecule has 100 valence electrons. The fourth-order valence-corrected chi connectivity index (χ4v) is 2.17. The highest BCUT2D eigenvalue weighted by Crippen LogP contribution is 2.12. The monoisotopic (exact) mass is 314 g/mol. The van der Waals surface area contributed by atoms with E-state index in [-0.39, 0.29) is 18.4 Å². The van der Waals surface area contributed by atoms with E-state index in [1.807, 2.05) is 13.8 Å². The number of aliphatic hydroxyl groups is 1. The predicted octanol–water partition coefficient (Wildman–Crippen LogP) is 2.37. The molecule has 0 bridgehead atoms. The van der Waals surface area contributed by atoms with Crippen molar-refractivity contribution in [2.75, 3.05) is 6.54 Å². The largest absolute Gasteiger partial charge is 0.391 e. The first-order chi connectivity index (χ1) is 8.58. The van der Waals surface area contributed by atoms with Crippen molar-refractivity contribution in [2.45, 2.75) is 32.8 Å². The van der Waals surface area contributed by atoms with Crippen LogP contribution >= 0.6 is 15.9 Å². The normalized spacial score (nSPS) is 12.5. The van der Waals surface area contributed by atoms with Gasteiger partial charge >= 0.3 is 0 Å². The molecule has 1 unspecified atom stereocenters. The fraction of sp³-hybridized carbons (Fsp3) is 0.538. The van der Waals surface area contributed by atoms with Gasteiger partial charge in [-0.2, -0.15) is 0 Å². The zero-order valence-corrected chi connectivity index (χ0v) is 12.3. The highest BCUT2D eigenvalue weighted by molar-refractivity contribution is 9.10. The van der Waals surface area contributed by atoms with Crippen molar-refractivity contribution in [1.82, 2.24) is 10.3 Å². The van der Waals surface area contributed by atoms with E-state index in [4.69, 9.17) is 0 Å². The molecule has 0 aliphatic heterocycles. The number of aliphatic hydroxyl groups excluding tert-OH is 1. The second kappa shape index (κ2) is 7.48. The lowest BCUT2D eigenvalue weighted by Gasteiger charge is -2.20. The molecule has 0 saturated heterocycles. The summed E-state index contributed by atoms with van der Waals surface area (Å²) in [5.41, 5.74) is 0.348. The van der Waals surface area contributed by atoms with Crippen LogP contribution in [0.3, 0.4) is 0 Å². The topological polar surface area (TPSA) is 62.2 Å². The Kier molecular flexibility index (Phi) is 6.29. The first kappa shape index (κ1) is 15.1. The number of halogens is 1. The summed E-state index contributed by atoms with van der Waals surface area (Å²) in [6.45, 7) is 4.34. The molecule has 0 aliphatic carbocycles. The van der Waals surface area contributed by atoms with Gasteiger partial charge in [-0.1, -0.05) is 32.8 Å². The number of aromatic nitrogens is 1. The van der Waals surface area contributed by atoms with Gasteiger partial charge in [0.1, 0.15) is 10.3 Å². The van der Waals surface area contributed by atoms with Crippen LogP contribution in [0.15, 0.2) is 22.8 Å². The molecule has 1 amide bonds. The van der Waals surface area contributed by atoms with Crippen LogP contribution in [0.2, 0.25) is 0 Å². The Labute approximate surface area is 116 Å². The second-order valence-corrected chi connectivity index (χ2v) is 5.01. The molecule has 1 atom stereocenters. The molecular formula is C13H19BrN2O2. The molecule has 2 N–H and O–H groups in total. The minimum atomic E-state index is -0.504. The molecule has 0 fully saturated rings. The van der Waals surface area contributed by atoms with Gasteiger partial charge in [0.15, 0.2) is 0 Å². The Balaban J connectivity index is 2.51. The maximum absolute atomic E-state index is 11.8. The lowest BCUT2D eigenvalue weighted by atomic mass is 9.96. The Bertz CT molecular complexity index is 394. The lowest BCUT2D eigenvalue weighted by Crippen LogP contribution is -2.36. The average Bonchev–Trinajstić information content (AvgIpc) is 2.37. The standard InChI is InChI=1S/C13H19BrN2O2/c1-3-9(4-2)11(17)8-15-13(18)10-6-5-7-12(14)16-10/h5-7,9,11,17H,3-4,8H2,1-2H3,(H,15,18). The Morgan fingerprint density at radius 2 is 2.11 bits per heavy atom. The maximum Gasteiger partial charge on any atom is 0.270 e. The lowest BCUT2D eigenvalue weighted by molar-refractivity contribution is 0.0813. The first-order valence-corrected chi connectivity index (χ1v) is 6.96. The van der Waals surface area contributed by atoms with Gasteiger partial charge in [0, 0.05) is 6.54 Å². The number of nitrogens with zero attached hydrogens (tertiary/aromatic N) is 1. The molecule has 5 heteroatoms. The van der Waals surface area contributed by atoms with Crippen molar-refractivity contribution >= 4 is 21.8 Å². The van der Waals surface area contributed by atoms with Crippen LogP contribution in [0.1, 0.15) is 37.2 Å². The van der Waals surface area contributed by atoms with Gasteiger partial charge in [-0.25, -0.2) is 4.98 Å². The first-order valence-electron chi connectivity index (χ1n) is 6.17. The minimum absolute atomic E-state index is 0.223. The number of rotatable bonds is 6. The molecule has 1 rings (SSSR count). The van der Waals surface area contributed by atoms with Crippen LogP contribution in [0.5, 0.6) is 0 Å². The highest BCUT2D eigenvalue weighted by atomic mass is 79.9. The summed E-state index contributed by atoms with van der Waals surface area (Å²) in [5.74, 6) is -0.0397. The average molecular weight is 315 g/mol. The van der Waals surface area contributed by atoms with Crippen LogP contribution in [-0.4, -0.2) is 28.6 Å². The number of hydrogen-bond donors (Lipinski definition) is 2. The summed E-state index contributed by atoms with van der Waals surface area (Å²) in [6, 6.07) is 5.16. The van der Waals surface area contributed by atoms with E-state index in [1.165, 1.54) is 0 Å². The van der Waals surface area contributed by atoms with E-state index >= 15 is 0 Å². The number of amides is 1. The molecule has 0 saturated carbocycles. The molecule has 0 aliphatic rings. The number of carbonyl (C=O) groups excluding carboxylic acids is 1. The fourth-order valence-electron chi connectivity index (χ4n) is 1.82. The smallest absolute Gasteiger partial charge is 0.270 e. The zero-order valence-electron chi connectivity index (χ0n) is 10.7. The number of carbonyl (C=O) groups is 1. The van der Waals surface area contributed by atoms with Crippen molar-refractivity contribution in [1.29, 1.82) is 0 Å². The van der Waals surface area contributed by atoms with Gasteiger partial charge in [-0.15, -0.1) is 0 Å². The molecule has 4 nitrogen and oxygen atoms in total.